The lowest BCUT2D eigenvalue weighted by atomic mass is 9.77. The molecule has 0 radical (unpaired) electrons. The highest BCUT2D eigenvalue weighted by molar-refractivity contribution is 5.91. The Morgan fingerprint density at radius 3 is 2.61 bits per heavy atom. The lowest BCUT2D eigenvalue weighted by molar-refractivity contribution is -0.117. The van der Waals surface area contributed by atoms with Crippen molar-refractivity contribution >= 4 is 17.8 Å². The molecule has 0 saturated heterocycles. The second-order valence-corrected chi connectivity index (χ2v) is 10.5. The number of nitrogens with one attached hydrogen (secondary N) is 2. The van der Waals surface area contributed by atoms with Crippen molar-refractivity contribution < 1.29 is 4.79 Å². The molecule has 4 nitrogen and oxygen atoms in total. The van der Waals surface area contributed by atoms with Crippen molar-refractivity contribution in [3.05, 3.63) is 89.7 Å². The molecule has 2 rings (SSSR count). The summed E-state index contributed by atoms with van der Waals surface area (Å²) in [7, 11) is 0. The Hall–Kier alpha value is -2.98. The molecule has 194 valence electrons. The van der Waals surface area contributed by atoms with Crippen LogP contribution in [0, 0.1) is 11.3 Å². The first kappa shape index (κ1) is 29.3. The number of benzene rings is 1. The highest BCUT2D eigenvalue weighted by atomic mass is 16.1. The Morgan fingerprint density at radius 2 is 2.00 bits per heavy atom. The summed E-state index contributed by atoms with van der Waals surface area (Å²) in [5.41, 5.74) is 4.95. The molecule has 0 saturated carbocycles. The SMILES string of the molecule is C=C(C)/C(=C\C=CCC)N=CC(C)N[C@@H](C)c1cccc(NC(=O)CC2(C)C=CC(C(C)C)=CC2)c1. The Labute approximate surface area is 219 Å². The summed E-state index contributed by atoms with van der Waals surface area (Å²) in [5.74, 6) is 0.553. The number of hydrogen-bond donors (Lipinski definition) is 2. The number of amides is 1. The topological polar surface area (TPSA) is 53.5 Å². The van der Waals surface area contributed by atoms with E-state index in [2.05, 4.69) is 94.1 Å². The van der Waals surface area contributed by atoms with Crippen molar-refractivity contribution in [2.24, 2.45) is 16.3 Å². The van der Waals surface area contributed by atoms with Crippen LogP contribution in [-0.2, 0) is 4.79 Å². The molecule has 0 bridgehead atoms. The quantitative estimate of drug-likeness (QED) is 0.231. The maximum Gasteiger partial charge on any atom is 0.225 e. The van der Waals surface area contributed by atoms with Crippen molar-refractivity contribution in [2.45, 2.75) is 79.8 Å². The van der Waals surface area contributed by atoms with Crippen LogP contribution in [0.25, 0.3) is 0 Å². The number of hydrogen-bond acceptors (Lipinski definition) is 3. The molecular weight excluding hydrogens is 442 g/mol. The predicted octanol–water partition coefficient (Wildman–Crippen LogP) is 8.10. The maximum absolute atomic E-state index is 12.8. The molecule has 1 aromatic rings. The standard InChI is InChI=1S/C32H45N3O/c1-9-10-11-15-30(24(4)5)33-22-25(6)34-26(7)28-13-12-14-29(20-28)35-31(36)21-32(8)18-16-27(17-19-32)23(2)3/h10-18,20,22-23,25-26,34H,4,9,19,21H2,1-3,5-8H3,(H,35,36)/b11-10?,30-15+,33-22?/t25?,26-,32?/m0/s1. The normalized spacial score (nSPS) is 20.1. The largest absolute Gasteiger partial charge is 0.326 e. The van der Waals surface area contributed by atoms with Gasteiger partial charge in [0.25, 0.3) is 0 Å². The van der Waals surface area contributed by atoms with Gasteiger partial charge in [-0.3, -0.25) is 9.79 Å². The summed E-state index contributed by atoms with van der Waals surface area (Å²) in [6, 6.07) is 8.23. The minimum absolute atomic E-state index is 0.0399. The number of carbonyl (C=O) groups excluding carboxylic acids is 1. The fourth-order valence-corrected chi connectivity index (χ4v) is 4.12. The number of anilines is 1. The Kier molecular flexibility index (Phi) is 11.3. The van der Waals surface area contributed by atoms with E-state index in [1.165, 1.54) is 5.57 Å². The van der Waals surface area contributed by atoms with E-state index in [-0.39, 0.29) is 23.4 Å². The molecule has 1 aromatic carbocycles. The molecule has 2 unspecified atom stereocenters. The molecule has 0 aromatic heterocycles. The number of nitrogens with zero attached hydrogens (tertiary/aromatic N) is 1. The Balaban J connectivity index is 1.97. The number of carbonyl (C=O) groups is 1. The van der Waals surface area contributed by atoms with E-state index in [1.807, 2.05) is 43.5 Å². The summed E-state index contributed by atoms with van der Waals surface area (Å²) in [4.78, 5) is 17.5. The zero-order valence-electron chi connectivity index (χ0n) is 23.3. The number of aliphatic imine (C=N–C) groups is 1. The van der Waals surface area contributed by atoms with Crippen LogP contribution in [0.1, 0.15) is 79.3 Å². The first-order valence-corrected chi connectivity index (χ1v) is 13.1. The van der Waals surface area contributed by atoms with E-state index in [0.717, 1.165) is 35.4 Å². The smallest absolute Gasteiger partial charge is 0.225 e. The zero-order chi connectivity index (χ0) is 26.7. The molecule has 1 amide bonds. The summed E-state index contributed by atoms with van der Waals surface area (Å²) < 4.78 is 0. The van der Waals surface area contributed by atoms with Gasteiger partial charge < -0.3 is 10.6 Å². The van der Waals surface area contributed by atoms with Crippen LogP contribution in [-0.4, -0.2) is 18.2 Å². The predicted molar refractivity (Wildman–Crippen MR) is 156 cm³/mol. The third kappa shape index (κ3) is 9.58. The van der Waals surface area contributed by atoms with Crippen molar-refractivity contribution in [2.75, 3.05) is 5.32 Å². The van der Waals surface area contributed by atoms with E-state index >= 15 is 0 Å². The molecule has 4 heteroatoms. The Bertz CT molecular complexity index is 1060. The van der Waals surface area contributed by atoms with E-state index < -0.39 is 0 Å². The first-order chi connectivity index (χ1) is 17.0. The lowest BCUT2D eigenvalue weighted by Crippen LogP contribution is -2.30. The van der Waals surface area contributed by atoms with E-state index in [4.69, 9.17) is 0 Å². The van der Waals surface area contributed by atoms with Crippen molar-refractivity contribution in [3.63, 3.8) is 0 Å². The highest BCUT2D eigenvalue weighted by Gasteiger charge is 2.26. The number of allylic oxidation sites excluding steroid dienone is 8. The van der Waals surface area contributed by atoms with Crippen molar-refractivity contribution in [1.29, 1.82) is 0 Å². The minimum atomic E-state index is -0.146. The zero-order valence-corrected chi connectivity index (χ0v) is 23.3. The molecule has 0 spiro atoms. The van der Waals surface area contributed by atoms with E-state index in [1.54, 1.807) is 0 Å². The molecule has 2 N–H and O–H groups in total. The van der Waals surface area contributed by atoms with Gasteiger partial charge in [-0.25, -0.2) is 0 Å². The summed E-state index contributed by atoms with van der Waals surface area (Å²) in [6.45, 7) is 18.9. The van der Waals surface area contributed by atoms with Gasteiger partial charge in [0.05, 0.1) is 5.70 Å². The van der Waals surface area contributed by atoms with Gasteiger partial charge in [-0.1, -0.05) is 76.8 Å². The monoisotopic (exact) mass is 487 g/mol. The number of rotatable bonds is 12. The highest BCUT2D eigenvalue weighted by Crippen LogP contribution is 2.35. The van der Waals surface area contributed by atoms with Gasteiger partial charge in [-0.05, 0) is 79.9 Å². The second-order valence-electron chi connectivity index (χ2n) is 10.5. The molecule has 1 aliphatic rings. The molecular formula is C32H45N3O. The molecule has 36 heavy (non-hydrogen) atoms. The third-order valence-corrected chi connectivity index (χ3v) is 6.40. The fourth-order valence-electron chi connectivity index (χ4n) is 4.12. The van der Waals surface area contributed by atoms with Crippen molar-refractivity contribution in [1.82, 2.24) is 5.32 Å². The molecule has 1 aliphatic carbocycles. The van der Waals surface area contributed by atoms with Gasteiger partial charge in [0.15, 0.2) is 0 Å². The Morgan fingerprint density at radius 1 is 1.25 bits per heavy atom. The van der Waals surface area contributed by atoms with Crippen LogP contribution >= 0.6 is 0 Å². The van der Waals surface area contributed by atoms with Crippen LogP contribution < -0.4 is 10.6 Å². The van der Waals surface area contributed by atoms with Gasteiger partial charge in [0.2, 0.25) is 5.91 Å². The molecule has 3 atom stereocenters. The van der Waals surface area contributed by atoms with Gasteiger partial charge in [0.1, 0.15) is 0 Å². The first-order valence-electron chi connectivity index (χ1n) is 13.1. The summed E-state index contributed by atoms with van der Waals surface area (Å²) >= 11 is 0. The fraction of sp³-hybridized carbons (Fsp3) is 0.438. The molecule has 0 aliphatic heterocycles. The van der Waals surface area contributed by atoms with Gasteiger partial charge in [-0.15, -0.1) is 0 Å². The summed E-state index contributed by atoms with van der Waals surface area (Å²) in [6.07, 6.45) is 17.0. The van der Waals surface area contributed by atoms with E-state index in [0.29, 0.717) is 12.3 Å². The van der Waals surface area contributed by atoms with Crippen LogP contribution in [0.5, 0.6) is 0 Å². The average Bonchev–Trinajstić information content (AvgIpc) is 2.81. The van der Waals surface area contributed by atoms with Crippen LogP contribution in [0.2, 0.25) is 0 Å². The summed E-state index contributed by atoms with van der Waals surface area (Å²) in [5, 5.41) is 6.67. The second kappa shape index (κ2) is 13.9. The van der Waals surface area contributed by atoms with Gasteiger partial charge in [-0.2, -0.15) is 0 Å². The third-order valence-electron chi connectivity index (χ3n) is 6.40. The van der Waals surface area contributed by atoms with Crippen LogP contribution in [0.15, 0.2) is 89.1 Å². The van der Waals surface area contributed by atoms with E-state index in [9.17, 15) is 4.79 Å². The minimum Gasteiger partial charge on any atom is -0.326 e. The van der Waals surface area contributed by atoms with Gasteiger partial charge in [0, 0.05) is 30.4 Å². The average molecular weight is 488 g/mol. The lowest BCUT2D eigenvalue weighted by Gasteiger charge is -2.28. The van der Waals surface area contributed by atoms with Crippen LogP contribution in [0.4, 0.5) is 5.69 Å². The van der Waals surface area contributed by atoms with Crippen LogP contribution in [0.3, 0.4) is 0 Å². The van der Waals surface area contributed by atoms with Gasteiger partial charge >= 0.3 is 0 Å². The van der Waals surface area contributed by atoms with Crippen molar-refractivity contribution in [3.8, 4) is 0 Å². The maximum atomic E-state index is 12.8. The molecule has 0 fully saturated rings. The molecule has 0 heterocycles.